The highest BCUT2D eigenvalue weighted by Gasteiger charge is 2.32. The number of ether oxygens (including phenoxy) is 1. The van der Waals surface area contributed by atoms with Gasteiger partial charge in [-0.25, -0.2) is 4.98 Å². The first-order valence-corrected chi connectivity index (χ1v) is 3.88. The Labute approximate surface area is 81.3 Å². The van der Waals surface area contributed by atoms with Crippen molar-refractivity contribution in [2.75, 3.05) is 0 Å². The lowest BCUT2D eigenvalue weighted by Crippen LogP contribution is -2.17. The number of imidazole rings is 1. The minimum absolute atomic E-state index is 0.00678. The van der Waals surface area contributed by atoms with Crippen molar-refractivity contribution in [3.05, 3.63) is 18.5 Å². The Morgan fingerprint density at radius 2 is 2.07 bits per heavy atom. The quantitative estimate of drug-likeness (QED) is 0.771. The summed E-state index contributed by atoms with van der Waals surface area (Å²) in [6, 6.07) is 2.10. The maximum absolute atomic E-state index is 12.0. The number of hydrogen-bond acceptors (Lipinski definition) is 3. The van der Waals surface area contributed by atoms with Crippen LogP contribution in [0.4, 0.5) is 13.2 Å². The molecule has 0 fully saturated rings. The number of nitrogens with zero attached hydrogens (tertiary/aromatic N) is 1. The maximum atomic E-state index is 12.0. The van der Waals surface area contributed by atoms with E-state index < -0.39 is 12.1 Å². The van der Waals surface area contributed by atoms with Crippen LogP contribution in [0.25, 0.3) is 11.0 Å². The molecule has 0 bridgehead atoms. The molecule has 0 amide bonds. The first kappa shape index (κ1) is 9.63. The van der Waals surface area contributed by atoms with E-state index in [1.807, 2.05) is 0 Å². The van der Waals surface area contributed by atoms with Crippen molar-refractivity contribution < 1.29 is 23.0 Å². The highest BCUT2D eigenvalue weighted by Crippen LogP contribution is 2.32. The third kappa shape index (κ3) is 1.80. The second kappa shape index (κ2) is 3.04. The number of benzene rings is 1. The molecule has 2 rings (SSSR count). The van der Waals surface area contributed by atoms with Crippen LogP contribution in [0.5, 0.6) is 11.5 Å². The molecule has 1 aromatic heterocycles. The number of nitrogens with one attached hydrogen (secondary N) is 1. The molecule has 2 aromatic rings. The molecular formula is C8H5F3N2O2. The summed E-state index contributed by atoms with van der Waals surface area (Å²) in [5.41, 5.74) is 0.0454. The Balaban J connectivity index is 2.53. The first-order valence-electron chi connectivity index (χ1n) is 3.88. The monoisotopic (exact) mass is 218 g/mol. The Kier molecular flexibility index (Phi) is 1.95. The minimum atomic E-state index is -4.77. The van der Waals surface area contributed by atoms with Crippen LogP contribution in [0.3, 0.4) is 0 Å². The van der Waals surface area contributed by atoms with Crippen molar-refractivity contribution >= 4 is 11.0 Å². The van der Waals surface area contributed by atoms with Crippen molar-refractivity contribution in [1.82, 2.24) is 9.97 Å². The predicted octanol–water partition coefficient (Wildman–Crippen LogP) is 2.17. The van der Waals surface area contributed by atoms with Gasteiger partial charge in [0.15, 0.2) is 5.75 Å². The van der Waals surface area contributed by atoms with E-state index in [-0.39, 0.29) is 16.8 Å². The van der Waals surface area contributed by atoms with E-state index in [1.54, 1.807) is 0 Å². The van der Waals surface area contributed by atoms with Crippen LogP contribution in [0, 0.1) is 0 Å². The van der Waals surface area contributed by atoms with E-state index in [2.05, 4.69) is 14.7 Å². The minimum Gasteiger partial charge on any atom is -0.506 e. The number of rotatable bonds is 1. The Hall–Kier alpha value is -1.92. The molecule has 0 aliphatic heterocycles. The molecule has 4 nitrogen and oxygen atoms in total. The van der Waals surface area contributed by atoms with Crippen LogP contribution in [-0.2, 0) is 0 Å². The van der Waals surface area contributed by atoms with Crippen molar-refractivity contribution in [1.29, 1.82) is 0 Å². The number of alkyl halides is 3. The summed E-state index contributed by atoms with van der Waals surface area (Å²) in [5, 5.41) is 9.26. The lowest BCUT2D eigenvalue weighted by Gasteiger charge is -2.09. The first-order chi connectivity index (χ1) is 6.97. The van der Waals surface area contributed by atoms with Crippen molar-refractivity contribution in [3.8, 4) is 11.5 Å². The van der Waals surface area contributed by atoms with Gasteiger partial charge >= 0.3 is 6.36 Å². The van der Waals surface area contributed by atoms with Gasteiger partial charge in [-0.15, -0.1) is 13.2 Å². The van der Waals surface area contributed by atoms with Gasteiger partial charge in [-0.05, 0) is 12.1 Å². The van der Waals surface area contributed by atoms with Crippen LogP contribution >= 0.6 is 0 Å². The Morgan fingerprint density at radius 3 is 2.73 bits per heavy atom. The van der Waals surface area contributed by atoms with Crippen LogP contribution in [0.15, 0.2) is 18.5 Å². The number of fused-ring (bicyclic) bond motifs is 1. The van der Waals surface area contributed by atoms with Crippen LogP contribution in [-0.4, -0.2) is 21.4 Å². The summed E-state index contributed by atoms with van der Waals surface area (Å²) in [7, 11) is 0. The zero-order chi connectivity index (χ0) is 11.1. The van der Waals surface area contributed by atoms with Crippen LogP contribution in [0.2, 0.25) is 0 Å². The number of aromatic hydroxyl groups is 1. The molecule has 80 valence electrons. The van der Waals surface area contributed by atoms with Gasteiger partial charge in [0.1, 0.15) is 16.8 Å². The molecule has 0 spiro atoms. The van der Waals surface area contributed by atoms with E-state index in [0.29, 0.717) is 0 Å². The molecule has 0 saturated heterocycles. The summed E-state index contributed by atoms with van der Waals surface area (Å²) in [6.45, 7) is 0. The molecule has 15 heavy (non-hydrogen) atoms. The van der Waals surface area contributed by atoms with Crippen molar-refractivity contribution in [2.45, 2.75) is 6.36 Å². The molecule has 0 aliphatic rings. The number of phenols is 1. The average molecular weight is 218 g/mol. The smallest absolute Gasteiger partial charge is 0.506 e. The number of halogens is 3. The number of aromatic nitrogens is 2. The molecule has 0 saturated carbocycles. The molecule has 7 heteroatoms. The van der Waals surface area contributed by atoms with Gasteiger partial charge < -0.3 is 14.8 Å². The van der Waals surface area contributed by atoms with E-state index in [1.165, 1.54) is 6.33 Å². The highest BCUT2D eigenvalue weighted by molar-refractivity contribution is 5.86. The molecule has 0 aliphatic carbocycles. The SMILES string of the molecule is Oc1ccc(OC(F)(F)F)c2[nH]cnc12. The van der Waals surface area contributed by atoms with Gasteiger partial charge in [0.2, 0.25) is 0 Å². The van der Waals surface area contributed by atoms with Crippen LogP contribution < -0.4 is 4.74 Å². The van der Waals surface area contributed by atoms with Gasteiger partial charge in [-0.2, -0.15) is 0 Å². The molecule has 2 N–H and O–H groups in total. The van der Waals surface area contributed by atoms with Gasteiger partial charge in [-0.3, -0.25) is 0 Å². The molecule has 0 atom stereocenters. The second-order valence-electron chi connectivity index (χ2n) is 2.76. The van der Waals surface area contributed by atoms with Gasteiger partial charge in [0.25, 0.3) is 0 Å². The molecule has 1 aromatic carbocycles. The number of phenolic OH excluding ortho intramolecular Hbond substituents is 1. The van der Waals surface area contributed by atoms with Gasteiger partial charge in [0, 0.05) is 0 Å². The second-order valence-corrected chi connectivity index (χ2v) is 2.76. The van der Waals surface area contributed by atoms with Gasteiger partial charge in [-0.1, -0.05) is 0 Å². The zero-order valence-electron chi connectivity index (χ0n) is 7.17. The topological polar surface area (TPSA) is 58.1 Å². The summed E-state index contributed by atoms with van der Waals surface area (Å²) in [4.78, 5) is 6.11. The largest absolute Gasteiger partial charge is 0.573 e. The standard InChI is InChI=1S/C8H5F3N2O2/c9-8(10,11)15-5-2-1-4(14)6-7(5)13-3-12-6/h1-3,14H,(H,12,13). The van der Waals surface area contributed by atoms with Gasteiger partial charge in [0.05, 0.1) is 6.33 Å². The highest BCUT2D eigenvalue weighted by atomic mass is 19.4. The lowest BCUT2D eigenvalue weighted by molar-refractivity contribution is -0.274. The third-order valence-corrected chi connectivity index (χ3v) is 1.75. The number of hydrogen-bond donors (Lipinski definition) is 2. The van der Waals surface area contributed by atoms with E-state index in [9.17, 15) is 18.3 Å². The Bertz CT molecular complexity index is 492. The fourth-order valence-corrected chi connectivity index (χ4v) is 1.20. The maximum Gasteiger partial charge on any atom is 0.573 e. The number of aromatic amines is 1. The van der Waals surface area contributed by atoms with E-state index >= 15 is 0 Å². The predicted molar refractivity (Wildman–Crippen MR) is 44.4 cm³/mol. The molecular weight excluding hydrogens is 213 g/mol. The van der Waals surface area contributed by atoms with Crippen molar-refractivity contribution in [3.63, 3.8) is 0 Å². The average Bonchev–Trinajstić information content (AvgIpc) is 2.57. The summed E-state index contributed by atoms with van der Waals surface area (Å²) < 4.78 is 39.6. The summed E-state index contributed by atoms with van der Waals surface area (Å²) in [5.74, 6) is -0.631. The Morgan fingerprint density at radius 1 is 1.33 bits per heavy atom. The zero-order valence-corrected chi connectivity index (χ0v) is 7.17. The fraction of sp³-hybridized carbons (Fsp3) is 0.125. The lowest BCUT2D eigenvalue weighted by atomic mass is 10.3. The molecule has 0 radical (unpaired) electrons. The van der Waals surface area contributed by atoms with E-state index in [4.69, 9.17) is 0 Å². The normalized spacial score (nSPS) is 11.9. The summed E-state index contributed by atoms with van der Waals surface area (Å²) >= 11 is 0. The summed E-state index contributed by atoms with van der Waals surface area (Å²) in [6.07, 6.45) is -3.59. The fourth-order valence-electron chi connectivity index (χ4n) is 1.20. The molecule has 1 heterocycles. The number of H-pyrrole nitrogens is 1. The third-order valence-electron chi connectivity index (χ3n) is 1.75. The van der Waals surface area contributed by atoms with Crippen LogP contribution in [0.1, 0.15) is 0 Å². The van der Waals surface area contributed by atoms with E-state index in [0.717, 1.165) is 12.1 Å². The molecule has 0 unspecified atom stereocenters. The van der Waals surface area contributed by atoms with Crippen molar-refractivity contribution in [2.24, 2.45) is 0 Å².